The monoisotopic (exact) mass is 264 g/mol. The van der Waals surface area contributed by atoms with Crippen LogP contribution in [-0.2, 0) is 0 Å². The molecule has 0 atom stereocenters. The zero-order chi connectivity index (χ0) is 14.5. The Morgan fingerprint density at radius 3 is 2.16 bits per heavy atom. The van der Waals surface area contributed by atoms with E-state index in [9.17, 15) is 0 Å². The van der Waals surface area contributed by atoms with Crippen molar-refractivity contribution in [3.05, 3.63) is 11.8 Å². The highest BCUT2D eigenvalue weighted by Gasteiger charge is 2.14. The minimum absolute atomic E-state index is 0.0224. The molecule has 0 radical (unpaired) electrons. The smallest absolute Gasteiger partial charge is 0.225 e. The SMILES string of the molecule is CCCN(CCC)c1cc(C)nc(NC(C)(C)C)n1. The van der Waals surface area contributed by atoms with Crippen LogP contribution < -0.4 is 10.2 Å². The van der Waals surface area contributed by atoms with Crippen LogP contribution in [0.2, 0.25) is 0 Å². The fourth-order valence-electron chi connectivity index (χ4n) is 1.99. The number of nitrogens with zero attached hydrogens (tertiary/aromatic N) is 3. The Hall–Kier alpha value is -1.32. The Morgan fingerprint density at radius 2 is 1.68 bits per heavy atom. The van der Waals surface area contributed by atoms with Gasteiger partial charge >= 0.3 is 0 Å². The third-order valence-corrected chi connectivity index (χ3v) is 2.64. The van der Waals surface area contributed by atoms with Gasteiger partial charge < -0.3 is 10.2 Å². The van der Waals surface area contributed by atoms with Crippen molar-refractivity contribution in [2.45, 2.75) is 59.9 Å². The van der Waals surface area contributed by atoms with Crippen molar-refractivity contribution in [3.63, 3.8) is 0 Å². The predicted octanol–water partition coefficient (Wildman–Crippen LogP) is 3.62. The minimum Gasteiger partial charge on any atom is -0.356 e. The Morgan fingerprint density at radius 1 is 1.11 bits per heavy atom. The lowest BCUT2D eigenvalue weighted by Crippen LogP contribution is -2.29. The highest BCUT2D eigenvalue weighted by atomic mass is 15.2. The summed E-state index contributed by atoms with van der Waals surface area (Å²) >= 11 is 0. The van der Waals surface area contributed by atoms with Gasteiger partial charge in [0, 0.05) is 30.4 Å². The Bertz CT molecular complexity index is 390. The van der Waals surface area contributed by atoms with Gasteiger partial charge in [0.1, 0.15) is 5.82 Å². The maximum atomic E-state index is 4.66. The molecule has 0 aromatic carbocycles. The van der Waals surface area contributed by atoms with Crippen molar-refractivity contribution >= 4 is 11.8 Å². The van der Waals surface area contributed by atoms with Crippen LogP contribution in [0.15, 0.2) is 6.07 Å². The van der Waals surface area contributed by atoms with Crippen molar-refractivity contribution in [3.8, 4) is 0 Å². The number of hydrogen-bond donors (Lipinski definition) is 1. The van der Waals surface area contributed by atoms with Gasteiger partial charge in [0.15, 0.2) is 0 Å². The maximum Gasteiger partial charge on any atom is 0.225 e. The molecule has 1 heterocycles. The molecule has 0 spiro atoms. The molecule has 4 nitrogen and oxygen atoms in total. The molecule has 0 saturated heterocycles. The number of aromatic nitrogens is 2. The van der Waals surface area contributed by atoms with Crippen molar-refractivity contribution in [2.75, 3.05) is 23.3 Å². The summed E-state index contributed by atoms with van der Waals surface area (Å²) in [5.41, 5.74) is 0.986. The van der Waals surface area contributed by atoms with E-state index in [4.69, 9.17) is 0 Å². The molecule has 0 aliphatic rings. The number of aryl methyl sites for hydroxylation is 1. The maximum absolute atomic E-state index is 4.66. The highest BCUT2D eigenvalue weighted by Crippen LogP contribution is 2.18. The third-order valence-electron chi connectivity index (χ3n) is 2.64. The number of anilines is 2. The molecule has 1 aromatic rings. The van der Waals surface area contributed by atoms with E-state index >= 15 is 0 Å². The number of rotatable bonds is 6. The van der Waals surface area contributed by atoms with Crippen LogP contribution in [0.5, 0.6) is 0 Å². The zero-order valence-electron chi connectivity index (χ0n) is 13.2. The Balaban J connectivity index is 2.99. The van der Waals surface area contributed by atoms with Gasteiger partial charge in [0.2, 0.25) is 5.95 Å². The van der Waals surface area contributed by atoms with E-state index in [-0.39, 0.29) is 5.54 Å². The van der Waals surface area contributed by atoms with Crippen molar-refractivity contribution in [1.29, 1.82) is 0 Å². The normalized spacial score (nSPS) is 11.5. The summed E-state index contributed by atoms with van der Waals surface area (Å²) in [6.07, 6.45) is 2.26. The summed E-state index contributed by atoms with van der Waals surface area (Å²) in [5, 5.41) is 3.35. The van der Waals surface area contributed by atoms with E-state index in [2.05, 4.69) is 60.9 Å². The molecule has 108 valence electrons. The van der Waals surface area contributed by atoms with Crippen molar-refractivity contribution < 1.29 is 0 Å². The van der Waals surface area contributed by atoms with Crippen LogP contribution in [0.25, 0.3) is 0 Å². The predicted molar refractivity (Wildman–Crippen MR) is 82.9 cm³/mol. The first-order valence-corrected chi connectivity index (χ1v) is 7.24. The first-order valence-electron chi connectivity index (χ1n) is 7.24. The van der Waals surface area contributed by atoms with Crippen LogP contribution in [0.4, 0.5) is 11.8 Å². The van der Waals surface area contributed by atoms with Gasteiger partial charge in [-0.15, -0.1) is 0 Å². The van der Waals surface area contributed by atoms with E-state index in [0.29, 0.717) is 0 Å². The second kappa shape index (κ2) is 6.73. The lowest BCUT2D eigenvalue weighted by molar-refractivity contribution is 0.624. The van der Waals surface area contributed by atoms with Crippen molar-refractivity contribution in [1.82, 2.24) is 9.97 Å². The fraction of sp³-hybridized carbons (Fsp3) is 0.733. The Labute approximate surface area is 117 Å². The highest BCUT2D eigenvalue weighted by molar-refractivity contribution is 5.45. The molecule has 0 unspecified atom stereocenters. The first kappa shape index (κ1) is 15.7. The second-order valence-electron chi connectivity index (χ2n) is 6.05. The van der Waals surface area contributed by atoms with Crippen LogP contribution >= 0.6 is 0 Å². The van der Waals surface area contributed by atoms with Gasteiger partial charge in [0.05, 0.1) is 0 Å². The molecule has 0 saturated carbocycles. The largest absolute Gasteiger partial charge is 0.356 e. The topological polar surface area (TPSA) is 41.1 Å². The van der Waals surface area contributed by atoms with Gasteiger partial charge in [-0.2, -0.15) is 4.98 Å². The summed E-state index contributed by atoms with van der Waals surface area (Å²) in [5.74, 6) is 1.75. The van der Waals surface area contributed by atoms with E-state index in [0.717, 1.165) is 43.4 Å². The van der Waals surface area contributed by atoms with E-state index < -0.39 is 0 Å². The molecule has 1 aromatic heterocycles. The standard InChI is InChI=1S/C15H28N4/c1-7-9-19(10-8-2)13-11-12(3)16-14(17-13)18-15(4,5)6/h11H,7-10H2,1-6H3,(H,16,17,18). The van der Waals surface area contributed by atoms with Gasteiger partial charge in [-0.3, -0.25) is 0 Å². The van der Waals surface area contributed by atoms with Crippen molar-refractivity contribution in [2.24, 2.45) is 0 Å². The van der Waals surface area contributed by atoms with Gasteiger partial charge in [-0.25, -0.2) is 4.98 Å². The number of hydrogen-bond acceptors (Lipinski definition) is 4. The Kier molecular flexibility index (Phi) is 5.58. The van der Waals surface area contributed by atoms with E-state index in [1.165, 1.54) is 0 Å². The average Bonchev–Trinajstić information content (AvgIpc) is 2.25. The van der Waals surface area contributed by atoms with Crippen LogP contribution in [0.3, 0.4) is 0 Å². The summed E-state index contributed by atoms with van der Waals surface area (Å²) in [6, 6.07) is 2.07. The molecular weight excluding hydrogens is 236 g/mol. The molecular formula is C15H28N4. The lowest BCUT2D eigenvalue weighted by atomic mass is 10.1. The molecule has 0 aliphatic heterocycles. The summed E-state index contributed by atoms with van der Waals surface area (Å²) in [4.78, 5) is 11.5. The number of nitrogens with one attached hydrogen (secondary N) is 1. The fourth-order valence-corrected chi connectivity index (χ4v) is 1.99. The van der Waals surface area contributed by atoms with Gasteiger partial charge in [0.25, 0.3) is 0 Å². The molecule has 4 heteroatoms. The van der Waals surface area contributed by atoms with E-state index in [1.54, 1.807) is 0 Å². The van der Waals surface area contributed by atoms with Gasteiger partial charge in [-0.1, -0.05) is 13.8 Å². The second-order valence-corrected chi connectivity index (χ2v) is 6.05. The zero-order valence-corrected chi connectivity index (χ0v) is 13.2. The molecule has 1 rings (SSSR count). The molecule has 0 aliphatic carbocycles. The molecule has 19 heavy (non-hydrogen) atoms. The molecule has 0 amide bonds. The summed E-state index contributed by atoms with van der Waals surface area (Å²) in [6.45, 7) is 14.9. The molecule has 0 bridgehead atoms. The average molecular weight is 264 g/mol. The van der Waals surface area contributed by atoms with Crippen LogP contribution in [-0.4, -0.2) is 28.6 Å². The van der Waals surface area contributed by atoms with Crippen LogP contribution in [0.1, 0.15) is 53.2 Å². The third kappa shape index (κ3) is 5.45. The summed E-state index contributed by atoms with van der Waals surface area (Å²) in [7, 11) is 0. The summed E-state index contributed by atoms with van der Waals surface area (Å²) < 4.78 is 0. The molecule has 0 fully saturated rings. The lowest BCUT2D eigenvalue weighted by Gasteiger charge is -2.25. The van der Waals surface area contributed by atoms with E-state index in [1.807, 2.05) is 6.92 Å². The molecule has 1 N–H and O–H groups in total. The quantitative estimate of drug-likeness (QED) is 0.852. The van der Waals surface area contributed by atoms with Gasteiger partial charge in [-0.05, 0) is 40.5 Å². The first-order chi connectivity index (χ1) is 8.85. The van der Waals surface area contributed by atoms with Crippen LogP contribution in [0, 0.1) is 6.92 Å². The minimum atomic E-state index is -0.0224.